The van der Waals surface area contributed by atoms with Gasteiger partial charge >= 0.3 is 0 Å². The van der Waals surface area contributed by atoms with Gasteiger partial charge in [-0.3, -0.25) is 0 Å². The lowest BCUT2D eigenvalue weighted by Crippen LogP contribution is -2.07. The van der Waals surface area contributed by atoms with Crippen LogP contribution in [0.4, 0.5) is 5.82 Å². The minimum Gasteiger partial charge on any atom is -0.496 e. The maximum atomic E-state index is 5.34. The lowest BCUT2D eigenvalue weighted by Gasteiger charge is -2.11. The third kappa shape index (κ3) is 2.27. The van der Waals surface area contributed by atoms with Crippen LogP contribution in [0.1, 0.15) is 11.3 Å². The minimum atomic E-state index is 0.590. The number of aryl methyl sites for hydroxylation is 1. The van der Waals surface area contributed by atoms with Gasteiger partial charge in [0.1, 0.15) is 17.9 Å². The van der Waals surface area contributed by atoms with Crippen molar-refractivity contribution in [3.63, 3.8) is 0 Å². The summed E-state index contributed by atoms with van der Waals surface area (Å²) in [4.78, 5) is 8.41. The van der Waals surface area contributed by atoms with E-state index in [0.29, 0.717) is 12.3 Å². The molecule has 6 nitrogen and oxygen atoms in total. The van der Waals surface area contributed by atoms with Crippen molar-refractivity contribution < 1.29 is 4.74 Å². The Balaban J connectivity index is 1.88. The predicted molar refractivity (Wildman–Crippen MR) is 75.8 cm³/mol. The maximum absolute atomic E-state index is 5.34. The van der Waals surface area contributed by atoms with E-state index in [2.05, 4.69) is 20.4 Å². The van der Waals surface area contributed by atoms with Gasteiger partial charge in [-0.15, -0.1) is 0 Å². The number of anilines is 1. The number of nitrogens with one attached hydrogen (secondary N) is 1. The van der Waals surface area contributed by atoms with Gasteiger partial charge in [0.05, 0.1) is 7.11 Å². The van der Waals surface area contributed by atoms with Gasteiger partial charge in [-0.25, -0.2) is 4.98 Å². The first-order valence-corrected chi connectivity index (χ1v) is 6.31. The fourth-order valence-corrected chi connectivity index (χ4v) is 2.09. The Morgan fingerprint density at radius 1 is 1.30 bits per heavy atom. The van der Waals surface area contributed by atoms with Crippen LogP contribution < -0.4 is 10.1 Å². The van der Waals surface area contributed by atoms with E-state index in [0.717, 1.165) is 22.8 Å². The standard InChI is InChI=1S/C14H15N5O/c1-10-7-13(19-14(18-10)16-9-17-19)15-8-11-5-3-4-6-12(11)20-2/h3-7,9,15H,8H2,1-2H3. The summed E-state index contributed by atoms with van der Waals surface area (Å²) < 4.78 is 7.03. The monoisotopic (exact) mass is 269 g/mol. The molecule has 102 valence electrons. The lowest BCUT2D eigenvalue weighted by molar-refractivity contribution is 0.410. The van der Waals surface area contributed by atoms with Gasteiger partial charge in [-0.1, -0.05) is 18.2 Å². The second kappa shape index (κ2) is 5.16. The Bertz CT molecular complexity index is 737. The second-order valence-corrected chi connectivity index (χ2v) is 4.42. The number of para-hydroxylation sites is 1. The first kappa shape index (κ1) is 12.4. The van der Waals surface area contributed by atoms with Crippen LogP contribution in [0.15, 0.2) is 36.7 Å². The predicted octanol–water partition coefficient (Wildman–Crippen LogP) is 2.05. The van der Waals surface area contributed by atoms with Crippen LogP contribution in [0.25, 0.3) is 5.78 Å². The summed E-state index contributed by atoms with van der Waals surface area (Å²) in [5.74, 6) is 2.31. The highest BCUT2D eigenvalue weighted by Crippen LogP contribution is 2.19. The van der Waals surface area contributed by atoms with E-state index in [1.54, 1.807) is 11.6 Å². The van der Waals surface area contributed by atoms with E-state index in [9.17, 15) is 0 Å². The van der Waals surface area contributed by atoms with Crippen molar-refractivity contribution in [1.82, 2.24) is 19.6 Å². The highest BCUT2D eigenvalue weighted by molar-refractivity contribution is 5.46. The van der Waals surface area contributed by atoms with Crippen molar-refractivity contribution in [3.05, 3.63) is 47.9 Å². The molecule has 2 heterocycles. The van der Waals surface area contributed by atoms with E-state index in [1.165, 1.54) is 6.33 Å². The van der Waals surface area contributed by atoms with Gasteiger partial charge in [0.25, 0.3) is 5.78 Å². The average Bonchev–Trinajstić information content (AvgIpc) is 2.93. The number of rotatable bonds is 4. The van der Waals surface area contributed by atoms with Gasteiger partial charge in [-0.2, -0.15) is 14.6 Å². The topological polar surface area (TPSA) is 64.3 Å². The normalized spacial score (nSPS) is 10.7. The van der Waals surface area contributed by atoms with E-state index in [-0.39, 0.29) is 0 Å². The number of benzene rings is 1. The summed E-state index contributed by atoms with van der Waals surface area (Å²) in [5.41, 5.74) is 1.98. The number of methoxy groups -OCH3 is 1. The number of fused-ring (bicyclic) bond motifs is 1. The summed E-state index contributed by atoms with van der Waals surface area (Å²) in [6.45, 7) is 2.57. The van der Waals surface area contributed by atoms with E-state index >= 15 is 0 Å². The van der Waals surface area contributed by atoms with E-state index in [4.69, 9.17) is 4.74 Å². The lowest BCUT2D eigenvalue weighted by atomic mass is 10.2. The van der Waals surface area contributed by atoms with Gasteiger partial charge in [0, 0.05) is 23.9 Å². The molecule has 0 saturated carbocycles. The Labute approximate surface area is 116 Å². The number of hydrogen-bond donors (Lipinski definition) is 1. The number of hydrogen-bond acceptors (Lipinski definition) is 5. The van der Waals surface area contributed by atoms with Crippen LogP contribution in [0, 0.1) is 6.92 Å². The summed E-state index contributed by atoms with van der Waals surface area (Å²) in [7, 11) is 1.67. The SMILES string of the molecule is COc1ccccc1CNc1cc(C)nc2ncnn12. The molecule has 0 spiro atoms. The zero-order valence-electron chi connectivity index (χ0n) is 11.4. The molecule has 1 aromatic carbocycles. The van der Waals surface area contributed by atoms with Crippen LogP contribution in [0.2, 0.25) is 0 Å². The first-order chi connectivity index (χ1) is 9.78. The zero-order chi connectivity index (χ0) is 13.9. The van der Waals surface area contributed by atoms with Gasteiger partial charge in [-0.05, 0) is 13.0 Å². The van der Waals surface area contributed by atoms with Gasteiger partial charge < -0.3 is 10.1 Å². The molecule has 2 aromatic heterocycles. The Kier molecular flexibility index (Phi) is 3.20. The summed E-state index contributed by atoms with van der Waals surface area (Å²) in [6, 6.07) is 9.85. The number of aromatic nitrogens is 4. The molecule has 0 unspecified atom stereocenters. The van der Waals surface area contributed by atoms with Crippen molar-refractivity contribution >= 4 is 11.6 Å². The molecule has 0 radical (unpaired) electrons. The Morgan fingerprint density at radius 3 is 3.00 bits per heavy atom. The van der Waals surface area contributed by atoms with Crippen LogP contribution >= 0.6 is 0 Å². The first-order valence-electron chi connectivity index (χ1n) is 6.31. The van der Waals surface area contributed by atoms with Crippen molar-refractivity contribution in [2.24, 2.45) is 0 Å². The van der Waals surface area contributed by atoms with Crippen LogP contribution in [-0.2, 0) is 6.54 Å². The van der Waals surface area contributed by atoms with Gasteiger partial charge in [0.15, 0.2) is 0 Å². The van der Waals surface area contributed by atoms with Crippen molar-refractivity contribution in [2.45, 2.75) is 13.5 Å². The second-order valence-electron chi connectivity index (χ2n) is 4.42. The molecular weight excluding hydrogens is 254 g/mol. The van der Waals surface area contributed by atoms with E-state index < -0.39 is 0 Å². The summed E-state index contributed by atoms with van der Waals surface area (Å²) in [5, 5.41) is 7.51. The van der Waals surface area contributed by atoms with Crippen molar-refractivity contribution in [1.29, 1.82) is 0 Å². The zero-order valence-corrected chi connectivity index (χ0v) is 11.4. The van der Waals surface area contributed by atoms with Crippen molar-refractivity contribution in [3.8, 4) is 5.75 Å². The molecule has 3 aromatic rings. The third-order valence-corrected chi connectivity index (χ3v) is 3.03. The molecule has 0 atom stereocenters. The summed E-state index contributed by atoms with van der Waals surface area (Å²) in [6.07, 6.45) is 1.50. The largest absolute Gasteiger partial charge is 0.496 e. The molecule has 0 aliphatic carbocycles. The van der Waals surface area contributed by atoms with Crippen LogP contribution in [0.5, 0.6) is 5.75 Å². The molecule has 20 heavy (non-hydrogen) atoms. The van der Waals surface area contributed by atoms with Gasteiger partial charge in [0.2, 0.25) is 0 Å². The molecule has 0 amide bonds. The fourth-order valence-electron chi connectivity index (χ4n) is 2.09. The highest BCUT2D eigenvalue weighted by Gasteiger charge is 2.06. The molecule has 0 aliphatic heterocycles. The van der Waals surface area contributed by atoms with Crippen molar-refractivity contribution in [2.75, 3.05) is 12.4 Å². The molecule has 0 bridgehead atoms. The minimum absolute atomic E-state index is 0.590. The Morgan fingerprint density at radius 2 is 2.15 bits per heavy atom. The molecule has 0 saturated heterocycles. The Hall–Kier alpha value is -2.63. The van der Waals surface area contributed by atoms with E-state index in [1.807, 2.05) is 37.3 Å². The molecule has 0 aliphatic rings. The molecule has 0 fully saturated rings. The smallest absolute Gasteiger partial charge is 0.254 e. The quantitative estimate of drug-likeness (QED) is 0.785. The molecular formula is C14H15N5O. The summed E-state index contributed by atoms with van der Waals surface area (Å²) >= 11 is 0. The number of ether oxygens (including phenoxy) is 1. The fraction of sp³-hybridized carbons (Fsp3) is 0.214. The average molecular weight is 269 g/mol. The molecule has 1 N–H and O–H groups in total. The van der Waals surface area contributed by atoms with Crippen LogP contribution in [0.3, 0.4) is 0 Å². The van der Waals surface area contributed by atoms with Crippen LogP contribution in [-0.4, -0.2) is 26.7 Å². The molecule has 3 rings (SSSR count). The maximum Gasteiger partial charge on any atom is 0.254 e. The highest BCUT2D eigenvalue weighted by atomic mass is 16.5. The number of nitrogens with zero attached hydrogens (tertiary/aromatic N) is 4. The third-order valence-electron chi connectivity index (χ3n) is 3.03. The molecule has 6 heteroatoms.